The molecule has 1 N–H and O–H groups in total. The van der Waals surface area contributed by atoms with E-state index < -0.39 is 0 Å². The van der Waals surface area contributed by atoms with Crippen LogP contribution in [-0.2, 0) is 9.53 Å². The van der Waals surface area contributed by atoms with Crippen LogP contribution in [0, 0.1) is 23.7 Å². The highest BCUT2D eigenvalue weighted by molar-refractivity contribution is 5.74. The zero-order valence-corrected chi connectivity index (χ0v) is 13.0. The van der Waals surface area contributed by atoms with Crippen molar-refractivity contribution in [2.75, 3.05) is 7.11 Å². The van der Waals surface area contributed by atoms with Crippen molar-refractivity contribution >= 4 is 5.97 Å². The molecule has 0 heterocycles. The molecule has 0 unspecified atom stereocenters. The molecule has 0 saturated heterocycles. The summed E-state index contributed by atoms with van der Waals surface area (Å²) in [5.41, 5.74) is 1.27. The summed E-state index contributed by atoms with van der Waals surface area (Å²) in [6.07, 6.45) is 8.26. The molecule has 2 rings (SSSR count). The number of ether oxygens (including phenoxy) is 1. The summed E-state index contributed by atoms with van der Waals surface area (Å²) >= 11 is 0. The molecule has 1 fully saturated rings. The normalized spacial score (nSPS) is 34.9. The number of allylic oxidation sites excluding steroid dienone is 2. The summed E-state index contributed by atoms with van der Waals surface area (Å²) < 4.78 is 5.08. The minimum absolute atomic E-state index is 0.0588. The number of hydrogen-bond donors (Lipinski definition) is 1. The maximum atomic E-state index is 12.3. The van der Waals surface area contributed by atoms with E-state index in [4.69, 9.17) is 4.74 Å². The quantitative estimate of drug-likeness (QED) is 0.635. The molecule has 20 heavy (non-hydrogen) atoms. The lowest BCUT2D eigenvalue weighted by Gasteiger charge is -2.43. The van der Waals surface area contributed by atoms with E-state index in [1.165, 1.54) is 31.9 Å². The Kier molecular flexibility index (Phi) is 5.25. The van der Waals surface area contributed by atoms with E-state index in [1.807, 2.05) is 6.92 Å². The van der Waals surface area contributed by atoms with Gasteiger partial charge in [0.25, 0.3) is 0 Å². The predicted molar refractivity (Wildman–Crippen MR) is 79.1 cm³/mol. The third-order valence-corrected chi connectivity index (χ3v) is 5.30. The Balaban J connectivity index is 2.27. The highest BCUT2D eigenvalue weighted by Crippen LogP contribution is 2.47. The molecule has 114 valence electrons. The van der Waals surface area contributed by atoms with Crippen molar-refractivity contribution < 1.29 is 14.6 Å². The van der Waals surface area contributed by atoms with Crippen molar-refractivity contribution in [1.82, 2.24) is 0 Å². The highest BCUT2D eigenvalue weighted by atomic mass is 16.5. The topological polar surface area (TPSA) is 46.5 Å². The smallest absolute Gasteiger partial charge is 0.309 e. The van der Waals surface area contributed by atoms with E-state index in [1.54, 1.807) is 0 Å². The number of carbonyl (C=O) groups is 1. The number of fused-ring (bicyclic) bond motifs is 1. The summed E-state index contributed by atoms with van der Waals surface area (Å²) in [7, 11) is 1.49. The first-order chi connectivity index (χ1) is 9.58. The van der Waals surface area contributed by atoms with Gasteiger partial charge in [-0.3, -0.25) is 4.79 Å². The van der Waals surface area contributed by atoms with Gasteiger partial charge in [0.1, 0.15) is 0 Å². The molecule has 0 amide bonds. The highest BCUT2D eigenvalue weighted by Gasteiger charge is 2.44. The SMILES string of the molecule is CC[C@@H](O)C[C@H]1C(C)=C[C@H]2CCCC[C@H]2[C@@H]1C(=O)OC. The zero-order valence-electron chi connectivity index (χ0n) is 13.0. The van der Waals surface area contributed by atoms with Crippen LogP contribution < -0.4 is 0 Å². The number of aliphatic hydroxyl groups excluding tert-OH is 1. The van der Waals surface area contributed by atoms with Gasteiger partial charge in [0.15, 0.2) is 0 Å². The average Bonchev–Trinajstić information content (AvgIpc) is 2.47. The molecule has 0 aliphatic heterocycles. The Bertz CT molecular complexity index is 374. The van der Waals surface area contributed by atoms with Gasteiger partial charge in [0.05, 0.1) is 19.1 Å². The molecule has 0 radical (unpaired) electrons. The lowest BCUT2D eigenvalue weighted by molar-refractivity contribution is -0.151. The fourth-order valence-corrected chi connectivity index (χ4v) is 4.15. The molecule has 3 nitrogen and oxygen atoms in total. The van der Waals surface area contributed by atoms with Crippen molar-refractivity contribution in [3.8, 4) is 0 Å². The Labute approximate surface area is 122 Å². The van der Waals surface area contributed by atoms with Gasteiger partial charge in [0.2, 0.25) is 0 Å². The molecule has 1 saturated carbocycles. The molecule has 0 aromatic rings. The number of methoxy groups -OCH3 is 1. The number of rotatable bonds is 4. The van der Waals surface area contributed by atoms with Crippen molar-refractivity contribution in [2.45, 2.75) is 58.5 Å². The van der Waals surface area contributed by atoms with Crippen LogP contribution in [0.15, 0.2) is 11.6 Å². The van der Waals surface area contributed by atoms with Crippen molar-refractivity contribution in [3.05, 3.63) is 11.6 Å². The Hall–Kier alpha value is -0.830. The lowest BCUT2D eigenvalue weighted by Crippen LogP contribution is -2.41. The summed E-state index contributed by atoms with van der Waals surface area (Å²) in [5.74, 6) is 0.952. The maximum Gasteiger partial charge on any atom is 0.309 e. The number of hydrogen-bond acceptors (Lipinski definition) is 3. The molecular formula is C17H28O3. The molecule has 5 atom stereocenters. The molecule has 2 aliphatic carbocycles. The van der Waals surface area contributed by atoms with Crippen molar-refractivity contribution in [1.29, 1.82) is 0 Å². The van der Waals surface area contributed by atoms with E-state index in [2.05, 4.69) is 13.0 Å². The van der Waals surface area contributed by atoms with E-state index in [0.29, 0.717) is 18.3 Å². The first kappa shape index (κ1) is 15.6. The van der Waals surface area contributed by atoms with Crippen LogP contribution in [0.4, 0.5) is 0 Å². The van der Waals surface area contributed by atoms with E-state index in [0.717, 1.165) is 12.8 Å². The van der Waals surface area contributed by atoms with Crippen LogP contribution >= 0.6 is 0 Å². The van der Waals surface area contributed by atoms with Crippen LogP contribution in [0.5, 0.6) is 0 Å². The third kappa shape index (κ3) is 3.08. The molecule has 2 aliphatic rings. The molecule has 0 aromatic heterocycles. The van der Waals surface area contributed by atoms with E-state index in [-0.39, 0.29) is 23.9 Å². The van der Waals surface area contributed by atoms with E-state index in [9.17, 15) is 9.90 Å². The van der Waals surface area contributed by atoms with Gasteiger partial charge in [-0.25, -0.2) is 0 Å². The van der Waals surface area contributed by atoms with Gasteiger partial charge in [-0.05, 0) is 50.4 Å². The summed E-state index contributed by atoms with van der Waals surface area (Å²) in [4.78, 5) is 12.3. The van der Waals surface area contributed by atoms with Crippen LogP contribution in [0.2, 0.25) is 0 Å². The second kappa shape index (κ2) is 6.75. The predicted octanol–water partition coefficient (Wildman–Crippen LogP) is 3.32. The third-order valence-electron chi connectivity index (χ3n) is 5.30. The summed E-state index contributed by atoms with van der Waals surface area (Å²) in [5, 5.41) is 10.0. The summed E-state index contributed by atoms with van der Waals surface area (Å²) in [6, 6.07) is 0. The second-order valence-electron chi connectivity index (χ2n) is 6.48. The van der Waals surface area contributed by atoms with Crippen molar-refractivity contribution in [3.63, 3.8) is 0 Å². The molecule has 3 heteroatoms. The fourth-order valence-electron chi connectivity index (χ4n) is 4.15. The first-order valence-corrected chi connectivity index (χ1v) is 8.02. The first-order valence-electron chi connectivity index (χ1n) is 8.02. The lowest BCUT2D eigenvalue weighted by atomic mass is 9.61. The van der Waals surface area contributed by atoms with E-state index >= 15 is 0 Å². The van der Waals surface area contributed by atoms with Gasteiger partial charge in [-0.1, -0.05) is 31.4 Å². The Morgan fingerprint density at radius 1 is 1.45 bits per heavy atom. The fraction of sp³-hybridized carbons (Fsp3) is 0.824. The standard InChI is InChI=1S/C17H28O3/c1-4-13(18)10-15-11(2)9-12-7-5-6-8-14(12)16(15)17(19)20-3/h9,12-16,18H,4-8,10H2,1-3H3/t12-,13-,14-,15+,16+/m1/s1. The van der Waals surface area contributed by atoms with Gasteiger partial charge in [-0.2, -0.15) is 0 Å². The van der Waals surface area contributed by atoms with Gasteiger partial charge in [0, 0.05) is 0 Å². The number of aliphatic hydroxyl groups is 1. The Morgan fingerprint density at radius 2 is 2.15 bits per heavy atom. The number of carbonyl (C=O) groups excluding carboxylic acids is 1. The summed E-state index contributed by atoms with van der Waals surface area (Å²) in [6.45, 7) is 4.11. The molecule has 0 aromatic carbocycles. The average molecular weight is 280 g/mol. The zero-order chi connectivity index (χ0) is 14.7. The maximum absolute atomic E-state index is 12.3. The Morgan fingerprint density at radius 3 is 2.80 bits per heavy atom. The van der Waals surface area contributed by atoms with Gasteiger partial charge in [-0.15, -0.1) is 0 Å². The number of esters is 1. The minimum atomic E-state index is -0.323. The van der Waals surface area contributed by atoms with Crippen LogP contribution in [0.1, 0.15) is 52.4 Å². The van der Waals surface area contributed by atoms with Gasteiger partial charge < -0.3 is 9.84 Å². The van der Waals surface area contributed by atoms with Gasteiger partial charge >= 0.3 is 5.97 Å². The molecule has 0 spiro atoms. The minimum Gasteiger partial charge on any atom is -0.469 e. The van der Waals surface area contributed by atoms with Crippen LogP contribution in [0.25, 0.3) is 0 Å². The largest absolute Gasteiger partial charge is 0.469 e. The molecular weight excluding hydrogens is 252 g/mol. The van der Waals surface area contributed by atoms with Crippen LogP contribution in [0.3, 0.4) is 0 Å². The van der Waals surface area contributed by atoms with Crippen molar-refractivity contribution in [2.24, 2.45) is 23.7 Å². The second-order valence-corrected chi connectivity index (χ2v) is 6.48. The van der Waals surface area contributed by atoms with Crippen LogP contribution in [-0.4, -0.2) is 24.3 Å². The monoisotopic (exact) mass is 280 g/mol. The molecule has 0 bridgehead atoms.